The summed E-state index contributed by atoms with van der Waals surface area (Å²) in [5.74, 6) is 2.47. The van der Waals surface area contributed by atoms with Gasteiger partial charge in [0.1, 0.15) is 5.69 Å². The molecule has 0 bridgehead atoms. The summed E-state index contributed by atoms with van der Waals surface area (Å²) in [7, 11) is 0. The second-order valence-electron chi connectivity index (χ2n) is 3.97. The van der Waals surface area contributed by atoms with E-state index in [1.807, 2.05) is 20.8 Å². The molecule has 0 saturated carbocycles. The topological polar surface area (TPSA) is 46.9 Å². The van der Waals surface area contributed by atoms with E-state index in [9.17, 15) is 4.79 Å². The molecule has 1 unspecified atom stereocenters. The number of nitrogens with one attached hydrogen (secondary N) is 1. The molecular formula is C13H19N3O. The molecule has 1 N–H and O–H groups in total. The van der Waals surface area contributed by atoms with Gasteiger partial charge in [0.25, 0.3) is 5.91 Å². The highest BCUT2D eigenvalue weighted by molar-refractivity contribution is 5.92. The maximum absolute atomic E-state index is 12.0. The van der Waals surface area contributed by atoms with Gasteiger partial charge in [-0.25, -0.2) is 0 Å². The normalized spacial score (nSPS) is 11.9. The zero-order valence-electron chi connectivity index (χ0n) is 10.7. The van der Waals surface area contributed by atoms with Crippen LogP contribution < -0.4 is 5.32 Å². The summed E-state index contributed by atoms with van der Waals surface area (Å²) in [4.78, 5) is 12.0. The van der Waals surface area contributed by atoms with Gasteiger partial charge in [-0.2, -0.15) is 5.10 Å². The molecule has 0 saturated heterocycles. The average molecular weight is 233 g/mol. The Morgan fingerprint density at radius 1 is 1.65 bits per heavy atom. The van der Waals surface area contributed by atoms with E-state index in [1.54, 1.807) is 10.7 Å². The van der Waals surface area contributed by atoms with Gasteiger partial charge in [0, 0.05) is 19.0 Å². The molecule has 1 aromatic heterocycles. The van der Waals surface area contributed by atoms with Crippen molar-refractivity contribution in [3.8, 4) is 12.3 Å². The van der Waals surface area contributed by atoms with Crippen LogP contribution in [0.5, 0.6) is 0 Å². The smallest absolute Gasteiger partial charge is 0.269 e. The Labute approximate surface area is 102 Å². The Morgan fingerprint density at radius 2 is 2.35 bits per heavy atom. The summed E-state index contributed by atoms with van der Waals surface area (Å²) in [6.07, 6.45) is 6.65. The predicted molar refractivity (Wildman–Crippen MR) is 67.6 cm³/mol. The number of carbonyl (C=O) groups excluding carboxylic acids is 1. The van der Waals surface area contributed by atoms with E-state index in [-0.39, 0.29) is 11.9 Å². The van der Waals surface area contributed by atoms with Crippen LogP contribution in [0.2, 0.25) is 0 Å². The van der Waals surface area contributed by atoms with Gasteiger partial charge in [0.15, 0.2) is 0 Å². The highest BCUT2D eigenvalue weighted by Gasteiger charge is 2.15. The van der Waals surface area contributed by atoms with E-state index >= 15 is 0 Å². The highest BCUT2D eigenvalue weighted by atomic mass is 16.2. The summed E-state index contributed by atoms with van der Waals surface area (Å²) >= 11 is 0. The van der Waals surface area contributed by atoms with Gasteiger partial charge in [0.2, 0.25) is 0 Å². The van der Waals surface area contributed by atoms with Gasteiger partial charge in [-0.3, -0.25) is 9.48 Å². The SMILES string of the molecule is C#CCC(CC)NC(=O)c1cc(C)nn1CC. The highest BCUT2D eigenvalue weighted by Crippen LogP contribution is 2.05. The molecular weight excluding hydrogens is 214 g/mol. The molecule has 0 spiro atoms. The summed E-state index contributed by atoms with van der Waals surface area (Å²) < 4.78 is 1.70. The zero-order chi connectivity index (χ0) is 12.8. The van der Waals surface area contributed by atoms with Crippen LogP contribution in [0.3, 0.4) is 0 Å². The van der Waals surface area contributed by atoms with Crippen molar-refractivity contribution in [3.63, 3.8) is 0 Å². The third kappa shape index (κ3) is 3.35. The summed E-state index contributed by atoms with van der Waals surface area (Å²) in [6.45, 7) is 6.52. The van der Waals surface area contributed by atoms with Crippen molar-refractivity contribution >= 4 is 5.91 Å². The molecule has 1 amide bonds. The van der Waals surface area contributed by atoms with Gasteiger partial charge in [-0.05, 0) is 26.3 Å². The van der Waals surface area contributed by atoms with Crippen LogP contribution in [0.15, 0.2) is 6.07 Å². The predicted octanol–water partition coefficient (Wildman–Crippen LogP) is 1.74. The fraction of sp³-hybridized carbons (Fsp3) is 0.538. The second kappa shape index (κ2) is 6.09. The van der Waals surface area contributed by atoms with E-state index in [0.717, 1.165) is 12.1 Å². The van der Waals surface area contributed by atoms with Crippen molar-refractivity contribution in [1.82, 2.24) is 15.1 Å². The summed E-state index contributed by atoms with van der Waals surface area (Å²) in [6, 6.07) is 1.83. The number of nitrogens with zero attached hydrogens (tertiary/aromatic N) is 2. The molecule has 92 valence electrons. The van der Waals surface area contributed by atoms with Gasteiger partial charge in [0.05, 0.1) is 5.69 Å². The lowest BCUT2D eigenvalue weighted by Gasteiger charge is -2.14. The van der Waals surface area contributed by atoms with Gasteiger partial charge in [-0.1, -0.05) is 6.92 Å². The first kappa shape index (κ1) is 13.3. The number of amides is 1. The van der Waals surface area contributed by atoms with E-state index in [0.29, 0.717) is 18.7 Å². The quantitative estimate of drug-likeness (QED) is 0.787. The van der Waals surface area contributed by atoms with Crippen molar-refractivity contribution in [2.75, 3.05) is 0 Å². The second-order valence-corrected chi connectivity index (χ2v) is 3.97. The Bertz CT molecular complexity index is 428. The maximum Gasteiger partial charge on any atom is 0.269 e. The molecule has 1 aromatic rings. The molecule has 4 nitrogen and oxygen atoms in total. The molecule has 1 rings (SSSR count). The Balaban J connectivity index is 2.78. The maximum atomic E-state index is 12.0. The van der Waals surface area contributed by atoms with Crippen LogP contribution >= 0.6 is 0 Å². The van der Waals surface area contributed by atoms with Crippen molar-refractivity contribution in [2.24, 2.45) is 0 Å². The molecule has 0 radical (unpaired) electrons. The first-order valence-corrected chi connectivity index (χ1v) is 5.91. The molecule has 0 aromatic carbocycles. The minimum absolute atomic E-state index is 0.0352. The number of aromatic nitrogens is 2. The van der Waals surface area contributed by atoms with Crippen molar-refractivity contribution in [1.29, 1.82) is 0 Å². The minimum Gasteiger partial charge on any atom is -0.347 e. The lowest BCUT2D eigenvalue weighted by molar-refractivity contribution is 0.0926. The van der Waals surface area contributed by atoms with Crippen LogP contribution in [0.4, 0.5) is 0 Å². The fourth-order valence-corrected chi connectivity index (χ4v) is 1.67. The molecule has 0 aliphatic rings. The van der Waals surface area contributed by atoms with Crippen molar-refractivity contribution in [3.05, 3.63) is 17.5 Å². The van der Waals surface area contributed by atoms with Crippen LogP contribution in [-0.2, 0) is 6.54 Å². The van der Waals surface area contributed by atoms with E-state index in [4.69, 9.17) is 6.42 Å². The number of hydrogen-bond acceptors (Lipinski definition) is 2. The monoisotopic (exact) mass is 233 g/mol. The van der Waals surface area contributed by atoms with E-state index in [1.165, 1.54) is 0 Å². The minimum atomic E-state index is -0.102. The number of hydrogen-bond donors (Lipinski definition) is 1. The van der Waals surface area contributed by atoms with Gasteiger partial charge in [-0.15, -0.1) is 12.3 Å². The fourth-order valence-electron chi connectivity index (χ4n) is 1.67. The van der Waals surface area contributed by atoms with E-state index < -0.39 is 0 Å². The van der Waals surface area contributed by atoms with Crippen molar-refractivity contribution in [2.45, 2.75) is 46.2 Å². The molecule has 0 fully saturated rings. The average Bonchev–Trinajstić information content (AvgIpc) is 2.69. The number of terminal acetylenes is 1. The molecule has 1 heterocycles. The van der Waals surface area contributed by atoms with Crippen LogP contribution in [0.25, 0.3) is 0 Å². The van der Waals surface area contributed by atoms with E-state index in [2.05, 4.69) is 16.3 Å². The molecule has 0 aliphatic carbocycles. The number of aryl methyl sites for hydroxylation is 2. The van der Waals surface area contributed by atoms with Crippen LogP contribution in [0, 0.1) is 19.3 Å². The van der Waals surface area contributed by atoms with Crippen LogP contribution in [-0.4, -0.2) is 21.7 Å². The first-order chi connectivity index (χ1) is 8.12. The Kier molecular flexibility index (Phi) is 4.77. The molecule has 1 atom stereocenters. The Morgan fingerprint density at radius 3 is 2.88 bits per heavy atom. The number of carbonyl (C=O) groups is 1. The first-order valence-electron chi connectivity index (χ1n) is 5.91. The summed E-state index contributed by atoms with van der Waals surface area (Å²) in [5.41, 5.74) is 1.45. The van der Waals surface area contributed by atoms with Gasteiger partial charge >= 0.3 is 0 Å². The summed E-state index contributed by atoms with van der Waals surface area (Å²) in [5, 5.41) is 7.17. The standard InChI is InChI=1S/C13H19N3O/c1-5-8-11(6-2)14-13(17)12-9-10(4)15-16(12)7-3/h1,9,11H,6-8H2,2-4H3,(H,14,17). The van der Waals surface area contributed by atoms with Crippen molar-refractivity contribution < 1.29 is 4.79 Å². The largest absolute Gasteiger partial charge is 0.347 e. The third-order valence-corrected chi connectivity index (χ3v) is 2.63. The number of rotatable bonds is 5. The third-order valence-electron chi connectivity index (χ3n) is 2.63. The van der Waals surface area contributed by atoms with Crippen LogP contribution in [0.1, 0.15) is 42.9 Å². The molecule has 17 heavy (non-hydrogen) atoms. The lowest BCUT2D eigenvalue weighted by Crippen LogP contribution is -2.35. The zero-order valence-corrected chi connectivity index (χ0v) is 10.7. The Hall–Kier alpha value is -1.76. The molecule has 4 heteroatoms. The van der Waals surface area contributed by atoms with Gasteiger partial charge < -0.3 is 5.32 Å². The lowest BCUT2D eigenvalue weighted by atomic mass is 10.1. The molecule has 0 aliphatic heterocycles.